The van der Waals surface area contributed by atoms with Crippen molar-refractivity contribution in [3.8, 4) is 5.75 Å². The van der Waals surface area contributed by atoms with Crippen molar-refractivity contribution in [3.05, 3.63) is 11.9 Å². The first-order valence-corrected chi connectivity index (χ1v) is 7.29. The maximum Gasteiger partial charge on any atom is 0.160 e. The summed E-state index contributed by atoms with van der Waals surface area (Å²) in [7, 11) is 1.72. The number of aromatic nitrogens is 2. The van der Waals surface area contributed by atoms with Crippen LogP contribution in [-0.4, -0.2) is 29.5 Å². The van der Waals surface area contributed by atoms with Crippen molar-refractivity contribution in [2.75, 3.05) is 13.7 Å². The lowest BCUT2D eigenvalue weighted by Gasteiger charge is -2.30. The number of methoxy groups -OCH3 is 1. The van der Waals surface area contributed by atoms with E-state index in [1.807, 2.05) is 6.20 Å². The Morgan fingerprint density at radius 3 is 2.63 bits per heavy atom. The van der Waals surface area contributed by atoms with Crippen LogP contribution in [0.15, 0.2) is 6.20 Å². The van der Waals surface area contributed by atoms with E-state index in [-0.39, 0.29) is 5.41 Å². The van der Waals surface area contributed by atoms with E-state index in [1.54, 1.807) is 7.11 Å². The highest BCUT2D eigenvalue weighted by molar-refractivity contribution is 5.32. The lowest BCUT2D eigenvalue weighted by molar-refractivity contribution is 0.340. The van der Waals surface area contributed by atoms with Crippen molar-refractivity contribution in [1.82, 2.24) is 15.1 Å². The van der Waals surface area contributed by atoms with Gasteiger partial charge in [-0.1, -0.05) is 27.7 Å². The first-order chi connectivity index (χ1) is 8.96. The van der Waals surface area contributed by atoms with Crippen molar-refractivity contribution in [2.24, 2.45) is 0 Å². The van der Waals surface area contributed by atoms with Crippen LogP contribution >= 0.6 is 0 Å². The van der Waals surface area contributed by atoms with Crippen LogP contribution in [0.4, 0.5) is 0 Å². The molecule has 0 bridgehead atoms. The predicted octanol–water partition coefficient (Wildman–Crippen LogP) is 2.97. The number of ether oxygens (including phenoxy) is 1. The zero-order valence-electron chi connectivity index (χ0n) is 13.3. The first kappa shape index (κ1) is 16.0. The van der Waals surface area contributed by atoms with Crippen molar-refractivity contribution >= 4 is 0 Å². The monoisotopic (exact) mass is 267 g/mol. The maximum absolute atomic E-state index is 5.50. The SMILES string of the molecule is CCCn1ncc(OC)c1C(C)(C)CC(C)NCC. The molecule has 0 spiro atoms. The fourth-order valence-corrected chi connectivity index (χ4v) is 2.86. The van der Waals surface area contributed by atoms with E-state index in [2.05, 4.69) is 49.7 Å². The van der Waals surface area contributed by atoms with Crippen LogP contribution < -0.4 is 10.1 Å². The van der Waals surface area contributed by atoms with Gasteiger partial charge in [-0.2, -0.15) is 5.10 Å². The zero-order valence-corrected chi connectivity index (χ0v) is 13.3. The summed E-state index contributed by atoms with van der Waals surface area (Å²) in [5, 5.41) is 7.95. The van der Waals surface area contributed by atoms with Gasteiger partial charge in [0.15, 0.2) is 5.75 Å². The normalized spacial score (nSPS) is 13.6. The van der Waals surface area contributed by atoms with Crippen LogP contribution in [0.5, 0.6) is 5.75 Å². The van der Waals surface area contributed by atoms with Gasteiger partial charge in [-0.05, 0) is 26.3 Å². The van der Waals surface area contributed by atoms with Gasteiger partial charge in [0.25, 0.3) is 0 Å². The third-order valence-electron chi connectivity index (χ3n) is 3.47. The van der Waals surface area contributed by atoms with Crippen LogP contribution in [0.3, 0.4) is 0 Å². The topological polar surface area (TPSA) is 39.1 Å². The number of aryl methyl sites for hydroxylation is 1. The number of rotatable bonds is 8. The van der Waals surface area contributed by atoms with Gasteiger partial charge in [0, 0.05) is 18.0 Å². The molecule has 1 aromatic rings. The summed E-state index contributed by atoms with van der Waals surface area (Å²) in [4.78, 5) is 0. The largest absolute Gasteiger partial charge is 0.493 e. The van der Waals surface area contributed by atoms with Gasteiger partial charge in [-0.15, -0.1) is 0 Å². The molecule has 0 aliphatic carbocycles. The Balaban J connectivity index is 3.00. The fraction of sp³-hybridized carbons (Fsp3) is 0.800. The van der Waals surface area contributed by atoms with E-state index in [4.69, 9.17) is 4.74 Å². The lowest BCUT2D eigenvalue weighted by Crippen LogP contribution is -2.34. The predicted molar refractivity (Wildman–Crippen MR) is 79.9 cm³/mol. The number of hydrogen-bond acceptors (Lipinski definition) is 3. The molecule has 1 aromatic heterocycles. The number of nitrogens with one attached hydrogen (secondary N) is 1. The van der Waals surface area contributed by atoms with Gasteiger partial charge < -0.3 is 10.1 Å². The highest BCUT2D eigenvalue weighted by Gasteiger charge is 2.30. The molecule has 1 heterocycles. The summed E-state index contributed by atoms with van der Waals surface area (Å²) in [6.45, 7) is 13.0. The van der Waals surface area contributed by atoms with E-state index < -0.39 is 0 Å². The Bertz CT molecular complexity index is 385. The summed E-state index contributed by atoms with van der Waals surface area (Å²) in [6.07, 6.45) is 3.98. The molecule has 0 aromatic carbocycles. The molecule has 0 fully saturated rings. The minimum Gasteiger partial charge on any atom is -0.493 e. The van der Waals surface area contributed by atoms with Crippen LogP contribution in [0, 0.1) is 0 Å². The average molecular weight is 267 g/mol. The maximum atomic E-state index is 5.50. The van der Waals surface area contributed by atoms with Gasteiger partial charge in [-0.25, -0.2) is 0 Å². The zero-order chi connectivity index (χ0) is 14.5. The molecule has 19 heavy (non-hydrogen) atoms. The molecule has 0 aliphatic rings. The third kappa shape index (κ3) is 3.96. The van der Waals surface area contributed by atoms with Gasteiger partial charge in [-0.3, -0.25) is 4.68 Å². The molecular weight excluding hydrogens is 238 g/mol. The molecule has 1 unspecified atom stereocenters. The fourth-order valence-electron chi connectivity index (χ4n) is 2.86. The molecule has 4 nitrogen and oxygen atoms in total. The van der Waals surface area contributed by atoms with Crippen LogP contribution in [0.2, 0.25) is 0 Å². The van der Waals surface area contributed by atoms with Crippen molar-refractivity contribution in [3.63, 3.8) is 0 Å². The molecule has 0 amide bonds. The molecular formula is C15H29N3O. The summed E-state index contributed by atoms with van der Waals surface area (Å²) in [5.74, 6) is 0.905. The molecule has 0 saturated carbocycles. The van der Waals surface area contributed by atoms with Gasteiger partial charge in [0.1, 0.15) is 0 Å². The number of hydrogen-bond donors (Lipinski definition) is 1. The Kier molecular flexibility index (Phi) is 5.85. The molecule has 4 heteroatoms. The Morgan fingerprint density at radius 1 is 1.42 bits per heavy atom. The molecule has 0 radical (unpaired) electrons. The van der Waals surface area contributed by atoms with Gasteiger partial charge in [0.2, 0.25) is 0 Å². The van der Waals surface area contributed by atoms with Crippen LogP contribution in [0.1, 0.15) is 53.2 Å². The quantitative estimate of drug-likeness (QED) is 0.787. The Morgan fingerprint density at radius 2 is 2.11 bits per heavy atom. The van der Waals surface area contributed by atoms with Gasteiger partial charge in [0.05, 0.1) is 19.0 Å². The van der Waals surface area contributed by atoms with Crippen LogP contribution in [0.25, 0.3) is 0 Å². The minimum absolute atomic E-state index is 0.0403. The van der Waals surface area contributed by atoms with Crippen molar-refractivity contribution in [1.29, 1.82) is 0 Å². The second-order valence-electron chi connectivity index (χ2n) is 5.83. The summed E-state index contributed by atoms with van der Waals surface area (Å²) in [5.41, 5.74) is 1.25. The third-order valence-corrected chi connectivity index (χ3v) is 3.47. The smallest absolute Gasteiger partial charge is 0.160 e. The van der Waals surface area contributed by atoms with E-state index in [0.717, 1.165) is 31.7 Å². The van der Waals surface area contributed by atoms with Crippen molar-refractivity contribution < 1.29 is 4.74 Å². The molecule has 1 atom stereocenters. The summed E-state index contributed by atoms with van der Waals surface area (Å²) >= 11 is 0. The first-order valence-electron chi connectivity index (χ1n) is 7.29. The minimum atomic E-state index is 0.0403. The van der Waals surface area contributed by atoms with E-state index in [1.165, 1.54) is 5.69 Å². The molecule has 1 rings (SSSR count). The number of nitrogens with zero attached hydrogens (tertiary/aromatic N) is 2. The summed E-state index contributed by atoms with van der Waals surface area (Å²) in [6, 6.07) is 0.481. The molecule has 1 N–H and O–H groups in total. The summed E-state index contributed by atoms with van der Waals surface area (Å²) < 4.78 is 7.59. The standard InChI is InChI=1S/C15H29N3O/c1-7-9-18-14(13(19-6)11-17-18)15(4,5)10-12(3)16-8-2/h11-12,16H,7-10H2,1-6H3. The highest BCUT2D eigenvalue weighted by Crippen LogP contribution is 2.35. The second kappa shape index (κ2) is 6.94. The van der Waals surface area contributed by atoms with E-state index in [0.29, 0.717) is 6.04 Å². The molecule has 110 valence electrons. The van der Waals surface area contributed by atoms with Crippen LogP contribution in [-0.2, 0) is 12.0 Å². The second-order valence-corrected chi connectivity index (χ2v) is 5.83. The van der Waals surface area contributed by atoms with E-state index >= 15 is 0 Å². The van der Waals surface area contributed by atoms with E-state index in [9.17, 15) is 0 Å². The molecule has 0 saturated heterocycles. The molecule has 0 aliphatic heterocycles. The lowest BCUT2D eigenvalue weighted by atomic mass is 9.82. The van der Waals surface area contributed by atoms with Crippen molar-refractivity contribution in [2.45, 2.75) is 65.5 Å². The average Bonchev–Trinajstić information content (AvgIpc) is 2.73. The highest BCUT2D eigenvalue weighted by atomic mass is 16.5. The van der Waals surface area contributed by atoms with Gasteiger partial charge >= 0.3 is 0 Å². The Hall–Kier alpha value is -1.03. The Labute approximate surface area is 117 Å².